The van der Waals surface area contributed by atoms with Crippen molar-refractivity contribution in [3.63, 3.8) is 0 Å². The molecule has 0 aromatic heterocycles. The molecule has 0 aliphatic rings. The highest BCUT2D eigenvalue weighted by molar-refractivity contribution is 5.73. The fourth-order valence-corrected chi connectivity index (χ4v) is 0.730. The summed E-state index contributed by atoms with van der Waals surface area (Å²) in [6.45, 7) is 0. The van der Waals surface area contributed by atoms with Crippen LogP contribution in [0.1, 0.15) is 9.68 Å². The molecule has 1 rings (SSSR count). The Labute approximate surface area is 75.0 Å². The minimum absolute atomic E-state index is 0.0740. The van der Waals surface area contributed by atoms with Crippen molar-refractivity contribution in [1.29, 1.82) is 0 Å². The number of benzene rings is 1. The maximum atomic E-state index is 10.7. The van der Waals surface area contributed by atoms with E-state index in [0.29, 0.717) is 0 Å². The van der Waals surface area contributed by atoms with Gasteiger partial charge in [-0.15, -0.1) is 0 Å². The number of nitrogens with two attached hydrogens (primary N) is 1. The number of rotatable bonds is 3. The van der Waals surface area contributed by atoms with Gasteiger partial charge in [-0.25, -0.2) is 0 Å². The van der Waals surface area contributed by atoms with Crippen LogP contribution in [-0.4, -0.2) is 17.1 Å². The summed E-state index contributed by atoms with van der Waals surface area (Å²) in [6.07, 6.45) is -2.44. The van der Waals surface area contributed by atoms with Gasteiger partial charge in [-0.05, 0) is 11.9 Å². The maximum absolute atomic E-state index is 10.7. The number of carboxylic acids is 1. The van der Waals surface area contributed by atoms with E-state index < -0.39 is 18.4 Å². The van der Waals surface area contributed by atoms with Crippen molar-refractivity contribution >= 4 is 5.97 Å². The van der Waals surface area contributed by atoms with Gasteiger partial charge in [-0.2, -0.15) is 0 Å². The molecular weight excluding hydrogens is 154 g/mol. The first-order valence-corrected chi connectivity index (χ1v) is 3.38. The molecule has 0 amide bonds. The van der Waals surface area contributed by atoms with Crippen LogP contribution in [0.2, 0.25) is 0 Å². The lowest BCUT2D eigenvalue weighted by Gasteiger charge is -2.04. The first-order chi connectivity index (χ1) is 6.80. The van der Waals surface area contributed by atoms with E-state index in [4.69, 9.17) is 15.0 Å². The maximum Gasteiger partial charge on any atom is 0.320 e. The first-order valence-electron chi connectivity index (χ1n) is 4.88. The van der Waals surface area contributed by atoms with Gasteiger partial charge in [-0.3, -0.25) is 4.79 Å². The lowest BCUT2D eigenvalue weighted by atomic mass is 10.1. The first kappa shape index (κ1) is 5.32. The summed E-state index contributed by atoms with van der Waals surface area (Å²) in [5.74, 6) is -1.70. The van der Waals surface area contributed by atoms with Crippen molar-refractivity contribution in [2.75, 3.05) is 0 Å². The molecule has 64 valence electrons. The Bertz CT molecular complexity index is 365. The van der Waals surface area contributed by atoms with Crippen molar-refractivity contribution in [2.24, 2.45) is 5.73 Å². The molecule has 0 radical (unpaired) electrons. The summed E-state index contributed by atoms with van der Waals surface area (Å²) in [6, 6.07) is 4.89. The zero-order valence-corrected chi connectivity index (χ0v) is 6.32. The predicted molar refractivity (Wildman–Crippen MR) is 45.8 cm³/mol. The van der Waals surface area contributed by atoms with E-state index in [9.17, 15) is 4.79 Å². The van der Waals surface area contributed by atoms with E-state index in [-0.39, 0.29) is 5.56 Å². The number of aliphatic carboxylic acids is 1. The van der Waals surface area contributed by atoms with Crippen LogP contribution < -0.4 is 5.73 Å². The second-order valence-electron chi connectivity index (χ2n) is 2.21. The van der Waals surface area contributed by atoms with E-state index in [1.807, 2.05) is 0 Å². The van der Waals surface area contributed by atoms with Crippen LogP contribution >= 0.6 is 0 Å². The summed E-state index contributed by atoms with van der Waals surface area (Å²) >= 11 is 0. The Hall–Kier alpha value is -1.35. The van der Waals surface area contributed by atoms with Gasteiger partial charge in [0, 0.05) is 2.74 Å². The third kappa shape index (κ3) is 2.36. The molecule has 0 saturated carbocycles. The van der Waals surface area contributed by atoms with Crippen LogP contribution in [-0.2, 0) is 11.2 Å². The van der Waals surface area contributed by atoms with E-state index in [0.717, 1.165) is 0 Å². The van der Waals surface area contributed by atoms with Crippen LogP contribution in [0.25, 0.3) is 0 Å². The predicted octanol–water partition coefficient (Wildman–Crippen LogP) is 0.641. The van der Waals surface area contributed by atoms with Crippen molar-refractivity contribution in [1.82, 2.24) is 0 Å². The van der Waals surface area contributed by atoms with Gasteiger partial charge in [0.15, 0.2) is 0 Å². The zero-order chi connectivity index (χ0) is 11.7. The molecule has 3 nitrogen and oxygen atoms in total. The van der Waals surface area contributed by atoms with Crippen molar-refractivity contribution < 1.29 is 14.0 Å². The van der Waals surface area contributed by atoms with Gasteiger partial charge in [-0.1, -0.05) is 30.3 Å². The van der Waals surface area contributed by atoms with Crippen LogP contribution in [0.5, 0.6) is 0 Å². The molecule has 0 aliphatic carbocycles. The minimum atomic E-state index is -2.70. The van der Waals surface area contributed by atoms with Crippen LogP contribution in [0.4, 0.5) is 0 Å². The standard InChI is InChI=1S/C9H11NO2/c10-8(9(11)12)6-7-4-2-1-3-5-7/h1-5,8H,6,10H2,(H,11,12)/t8-/m0/s1/i6D2,8D. The highest BCUT2D eigenvalue weighted by Gasteiger charge is 2.10. The monoisotopic (exact) mass is 168 g/mol. The fraction of sp³-hybridized carbons (Fsp3) is 0.222. The second kappa shape index (κ2) is 3.88. The summed E-state index contributed by atoms with van der Waals surface area (Å²) < 4.78 is 22.5. The van der Waals surface area contributed by atoms with Crippen LogP contribution in [0, 0.1) is 0 Å². The Kier molecular flexibility index (Phi) is 1.72. The fourth-order valence-electron chi connectivity index (χ4n) is 0.730. The lowest BCUT2D eigenvalue weighted by Crippen LogP contribution is -2.32. The van der Waals surface area contributed by atoms with E-state index >= 15 is 0 Å². The summed E-state index contributed by atoms with van der Waals surface area (Å²) in [5.41, 5.74) is 5.24. The molecule has 0 heterocycles. The summed E-state index contributed by atoms with van der Waals surface area (Å²) in [7, 11) is 0. The molecule has 3 N–H and O–H groups in total. The molecule has 3 heteroatoms. The molecule has 0 unspecified atom stereocenters. The molecule has 1 aromatic rings. The van der Waals surface area contributed by atoms with Gasteiger partial charge in [0.2, 0.25) is 0 Å². The van der Waals surface area contributed by atoms with Gasteiger partial charge in [0.1, 0.15) is 6.02 Å². The Morgan fingerprint density at radius 3 is 2.75 bits per heavy atom. The quantitative estimate of drug-likeness (QED) is 0.696. The number of carboxylic acid groups (broad SMARTS) is 1. The van der Waals surface area contributed by atoms with E-state index in [2.05, 4.69) is 0 Å². The molecule has 0 saturated heterocycles. The average Bonchev–Trinajstić information content (AvgIpc) is 2.18. The highest BCUT2D eigenvalue weighted by Crippen LogP contribution is 2.01. The smallest absolute Gasteiger partial charge is 0.320 e. The number of hydrogen-bond donors (Lipinski definition) is 2. The SMILES string of the molecule is [2H]C([2H])(c1ccccc1)[C@]([2H])(N)C(=O)O. The van der Waals surface area contributed by atoms with E-state index in [1.54, 1.807) is 18.2 Å². The van der Waals surface area contributed by atoms with Gasteiger partial charge in [0.05, 0.1) is 1.37 Å². The Morgan fingerprint density at radius 2 is 2.25 bits per heavy atom. The normalized spacial score (nSPS) is 19.9. The topological polar surface area (TPSA) is 63.3 Å². The molecule has 0 spiro atoms. The van der Waals surface area contributed by atoms with Crippen molar-refractivity contribution in [3.05, 3.63) is 35.9 Å². The van der Waals surface area contributed by atoms with Gasteiger partial charge >= 0.3 is 5.97 Å². The number of hydrogen-bond acceptors (Lipinski definition) is 2. The molecular formula is C9H11NO2. The molecule has 12 heavy (non-hydrogen) atoms. The zero-order valence-electron chi connectivity index (χ0n) is 9.32. The summed E-state index contributed by atoms with van der Waals surface area (Å²) in [4.78, 5) is 10.7. The summed E-state index contributed by atoms with van der Waals surface area (Å²) in [5, 5.41) is 8.69. The van der Waals surface area contributed by atoms with Crippen molar-refractivity contribution in [3.8, 4) is 0 Å². The minimum Gasteiger partial charge on any atom is -0.480 e. The third-order valence-corrected chi connectivity index (χ3v) is 1.28. The largest absolute Gasteiger partial charge is 0.480 e. The molecule has 1 atom stereocenters. The van der Waals surface area contributed by atoms with Gasteiger partial charge in [0.25, 0.3) is 0 Å². The molecule has 1 aromatic carbocycles. The number of carbonyl (C=O) groups is 1. The van der Waals surface area contributed by atoms with Gasteiger partial charge < -0.3 is 10.8 Å². The Balaban J connectivity index is 3.19. The van der Waals surface area contributed by atoms with Crippen molar-refractivity contribution in [2.45, 2.75) is 12.4 Å². The average molecular weight is 168 g/mol. The molecule has 0 bridgehead atoms. The highest BCUT2D eigenvalue weighted by atomic mass is 16.4. The molecule has 0 fully saturated rings. The van der Waals surface area contributed by atoms with E-state index in [1.165, 1.54) is 12.1 Å². The molecule has 0 aliphatic heterocycles. The van der Waals surface area contributed by atoms with Crippen LogP contribution in [0.3, 0.4) is 0 Å². The third-order valence-electron chi connectivity index (χ3n) is 1.28. The van der Waals surface area contributed by atoms with Crippen LogP contribution in [0.15, 0.2) is 30.3 Å². The Morgan fingerprint density at radius 1 is 1.67 bits per heavy atom. The lowest BCUT2D eigenvalue weighted by molar-refractivity contribution is -0.138. The second-order valence-corrected chi connectivity index (χ2v) is 2.21.